The van der Waals surface area contributed by atoms with Crippen LogP contribution in [0.3, 0.4) is 0 Å². The number of thiophene rings is 1. The van der Waals surface area contributed by atoms with Crippen LogP contribution in [0.1, 0.15) is 13.8 Å². The van der Waals surface area contributed by atoms with Crippen LogP contribution in [-0.4, -0.2) is 15.0 Å². The maximum Gasteiger partial charge on any atom is 0.268 e. The highest BCUT2D eigenvalue weighted by Crippen LogP contribution is 2.27. The molecule has 0 amide bonds. The van der Waals surface area contributed by atoms with Gasteiger partial charge in [0.2, 0.25) is 0 Å². The van der Waals surface area contributed by atoms with Crippen molar-refractivity contribution in [2.75, 3.05) is 0 Å². The van der Waals surface area contributed by atoms with Crippen LogP contribution < -0.4 is 5.56 Å². The average Bonchev–Trinajstić information content (AvgIpc) is 2.72. The second-order valence-corrected chi connectivity index (χ2v) is 3.87. The van der Waals surface area contributed by atoms with E-state index in [4.69, 9.17) is 0 Å². The summed E-state index contributed by atoms with van der Waals surface area (Å²) in [5.74, 6) is 0. The lowest BCUT2D eigenvalue weighted by Crippen LogP contribution is -2.03. The van der Waals surface area contributed by atoms with E-state index in [-0.39, 0.29) is 5.56 Å². The van der Waals surface area contributed by atoms with Gasteiger partial charge in [-0.05, 0) is 12.1 Å². The summed E-state index contributed by atoms with van der Waals surface area (Å²) in [6, 6.07) is 3.77. The van der Waals surface area contributed by atoms with Crippen molar-refractivity contribution < 1.29 is 0 Å². The Balaban J connectivity index is 0.000000457. The molecular formula is C11H11N3OS. The van der Waals surface area contributed by atoms with Gasteiger partial charge in [-0.15, -0.1) is 11.3 Å². The van der Waals surface area contributed by atoms with Crippen LogP contribution in [-0.2, 0) is 0 Å². The molecular weight excluding hydrogens is 222 g/mol. The first-order valence-corrected chi connectivity index (χ1v) is 5.89. The Morgan fingerprint density at radius 3 is 2.94 bits per heavy atom. The number of aromatic nitrogens is 3. The van der Waals surface area contributed by atoms with Gasteiger partial charge < -0.3 is 4.98 Å². The van der Waals surface area contributed by atoms with Gasteiger partial charge in [0.15, 0.2) is 0 Å². The summed E-state index contributed by atoms with van der Waals surface area (Å²) in [6.07, 6.45) is 3.13. The molecule has 82 valence electrons. The van der Waals surface area contributed by atoms with Crippen LogP contribution in [0.25, 0.3) is 20.4 Å². The van der Waals surface area contributed by atoms with Crippen LogP contribution in [0, 0.1) is 0 Å². The largest absolute Gasteiger partial charge is 0.312 e. The SMILES string of the molecule is CC.O=c1[nH]cnc2c1sc1ncccc12. The molecule has 0 saturated heterocycles. The van der Waals surface area contributed by atoms with Crippen LogP contribution in [0.4, 0.5) is 0 Å². The highest BCUT2D eigenvalue weighted by Gasteiger charge is 2.08. The number of pyridine rings is 1. The van der Waals surface area contributed by atoms with E-state index in [2.05, 4.69) is 15.0 Å². The van der Waals surface area contributed by atoms with Crippen molar-refractivity contribution in [1.29, 1.82) is 0 Å². The molecule has 0 aromatic carbocycles. The quantitative estimate of drug-likeness (QED) is 0.649. The Morgan fingerprint density at radius 1 is 1.31 bits per heavy atom. The Bertz CT molecular complexity index is 671. The summed E-state index contributed by atoms with van der Waals surface area (Å²) < 4.78 is 0.640. The summed E-state index contributed by atoms with van der Waals surface area (Å²) in [5, 5.41) is 0.943. The summed E-state index contributed by atoms with van der Waals surface area (Å²) in [6.45, 7) is 4.00. The second kappa shape index (κ2) is 4.40. The Kier molecular flexibility index (Phi) is 2.96. The fourth-order valence-corrected chi connectivity index (χ4v) is 2.42. The topological polar surface area (TPSA) is 58.6 Å². The molecule has 0 bridgehead atoms. The zero-order valence-electron chi connectivity index (χ0n) is 9.02. The molecule has 0 radical (unpaired) electrons. The fraction of sp³-hybridized carbons (Fsp3) is 0.182. The minimum atomic E-state index is -0.0991. The molecule has 3 rings (SSSR count). The Morgan fingerprint density at radius 2 is 2.12 bits per heavy atom. The van der Waals surface area contributed by atoms with E-state index in [0.717, 1.165) is 15.7 Å². The highest BCUT2D eigenvalue weighted by atomic mass is 32.1. The number of nitrogens with one attached hydrogen (secondary N) is 1. The van der Waals surface area contributed by atoms with Crippen LogP contribution >= 0.6 is 11.3 Å². The Hall–Kier alpha value is -1.75. The number of hydrogen-bond donors (Lipinski definition) is 1. The first kappa shape index (κ1) is 10.8. The molecule has 0 aliphatic carbocycles. The first-order chi connectivity index (χ1) is 7.86. The van der Waals surface area contributed by atoms with E-state index in [0.29, 0.717) is 4.70 Å². The van der Waals surface area contributed by atoms with E-state index in [1.54, 1.807) is 6.20 Å². The van der Waals surface area contributed by atoms with Gasteiger partial charge in [0, 0.05) is 11.6 Å². The normalized spacial score (nSPS) is 10.1. The van der Waals surface area contributed by atoms with E-state index in [1.165, 1.54) is 17.7 Å². The van der Waals surface area contributed by atoms with Crippen molar-refractivity contribution in [2.24, 2.45) is 0 Å². The smallest absolute Gasteiger partial charge is 0.268 e. The summed E-state index contributed by atoms with van der Waals surface area (Å²) >= 11 is 1.37. The number of H-pyrrole nitrogens is 1. The minimum absolute atomic E-state index is 0.0991. The highest BCUT2D eigenvalue weighted by molar-refractivity contribution is 7.25. The molecule has 3 heterocycles. The molecule has 0 unspecified atom stereocenters. The molecule has 0 atom stereocenters. The molecule has 0 aliphatic rings. The molecule has 0 fully saturated rings. The van der Waals surface area contributed by atoms with Crippen molar-refractivity contribution in [3.8, 4) is 0 Å². The molecule has 16 heavy (non-hydrogen) atoms. The predicted molar refractivity (Wildman–Crippen MR) is 66.9 cm³/mol. The molecule has 5 heteroatoms. The van der Waals surface area contributed by atoms with Gasteiger partial charge in [-0.2, -0.15) is 0 Å². The predicted octanol–water partition coefficient (Wildman–Crippen LogP) is 2.56. The minimum Gasteiger partial charge on any atom is -0.312 e. The lowest BCUT2D eigenvalue weighted by Gasteiger charge is -1.86. The molecule has 0 spiro atoms. The average molecular weight is 233 g/mol. The fourth-order valence-electron chi connectivity index (χ4n) is 1.42. The van der Waals surface area contributed by atoms with Crippen LogP contribution in [0.15, 0.2) is 29.5 Å². The van der Waals surface area contributed by atoms with E-state index >= 15 is 0 Å². The number of aromatic amines is 1. The third kappa shape index (κ3) is 1.59. The van der Waals surface area contributed by atoms with E-state index in [9.17, 15) is 4.79 Å². The monoisotopic (exact) mass is 233 g/mol. The Labute approximate surface area is 96.0 Å². The molecule has 0 aliphatic heterocycles. The number of rotatable bonds is 0. The van der Waals surface area contributed by atoms with E-state index < -0.39 is 0 Å². The van der Waals surface area contributed by atoms with Gasteiger partial charge in [0.05, 0.1) is 11.8 Å². The maximum atomic E-state index is 11.4. The second-order valence-electron chi connectivity index (χ2n) is 2.87. The van der Waals surface area contributed by atoms with Crippen molar-refractivity contribution in [3.63, 3.8) is 0 Å². The van der Waals surface area contributed by atoms with Gasteiger partial charge in [0.1, 0.15) is 9.53 Å². The van der Waals surface area contributed by atoms with Gasteiger partial charge in [-0.1, -0.05) is 13.8 Å². The standard InChI is InChI=1S/C9H5N3OS.C2H6/c13-8-7-6(11-4-12-8)5-2-1-3-10-9(5)14-7;1-2/h1-4H,(H,11,12,13);1-2H3. The maximum absolute atomic E-state index is 11.4. The van der Waals surface area contributed by atoms with Crippen LogP contribution in [0.5, 0.6) is 0 Å². The third-order valence-electron chi connectivity index (χ3n) is 2.04. The molecule has 1 N–H and O–H groups in total. The number of nitrogens with zero attached hydrogens (tertiary/aromatic N) is 2. The van der Waals surface area contributed by atoms with Gasteiger partial charge >= 0.3 is 0 Å². The zero-order valence-corrected chi connectivity index (χ0v) is 9.84. The summed E-state index contributed by atoms with van der Waals surface area (Å²) in [4.78, 5) is 23.2. The van der Waals surface area contributed by atoms with Gasteiger partial charge in [0.25, 0.3) is 5.56 Å². The van der Waals surface area contributed by atoms with Crippen molar-refractivity contribution in [3.05, 3.63) is 35.0 Å². The first-order valence-electron chi connectivity index (χ1n) is 5.07. The van der Waals surface area contributed by atoms with Crippen LogP contribution in [0.2, 0.25) is 0 Å². The van der Waals surface area contributed by atoms with Gasteiger partial charge in [-0.3, -0.25) is 4.79 Å². The van der Waals surface area contributed by atoms with Crippen molar-refractivity contribution in [1.82, 2.24) is 15.0 Å². The number of hydrogen-bond acceptors (Lipinski definition) is 4. The van der Waals surface area contributed by atoms with E-state index in [1.807, 2.05) is 26.0 Å². The zero-order chi connectivity index (χ0) is 11.5. The third-order valence-corrected chi connectivity index (χ3v) is 3.14. The van der Waals surface area contributed by atoms with Crippen molar-refractivity contribution in [2.45, 2.75) is 13.8 Å². The van der Waals surface area contributed by atoms with Gasteiger partial charge in [-0.25, -0.2) is 9.97 Å². The number of fused-ring (bicyclic) bond motifs is 3. The molecule has 0 saturated carbocycles. The molecule has 4 nitrogen and oxygen atoms in total. The lowest BCUT2D eigenvalue weighted by atomic mass is 10.3. The molecule has 3 aromatic rings. The molecule has 3 aromatic heterocycles. The summed E-state index contributed by atoms with van der Waals surface area (Å²) in [5.41, 5.74) is 0.639. The lowest BCUT2D eigenvalue weighted by molar-refractivity contribution is 1.18. The summed E-state index contributed by atoms with van der Waals surface area (Å²) in [7, 11) is 0. The van der Waals surface area contributed by atoms with Crippen molar-refractivity contribution >= 4 is 31.8 Å².